The van der Waals surface area contributed by atoms with Gasteiger partial charge < -0.3 is 15.2 Å². The largest absolute Gasteiger partial charge is 0.494 e. The summed E-state index contributed by atoms with van der Waals surface area (Å²) in [7, 11) is 0. The van der Waals surface area contributed by atoms with Gasteiger partial charge in [0, 0.05) is 6.54 Å². The monoisotopic (exact) mass is 237 g/mol. The molecule has 0 bridgehead atoms. The predicted molar refractivity (Wildman–Crippen MR) is 70.3 cm³/mol. The fourth-order valence-corrected chi connectivity index (χ4v) is 1.60. The first-order valence-corrected chi connectivity index (χ1v) is 6.25. The van der Waals surface area contributed by atoms with Crippen LogP contribution in [-0.4, -0.2) is 24.8 Å². The summed E-state index contributed by atoms with van der Waals surface area (Å²) >= 11 is 0. The summed E-state index contributed by atoms with van der Waals surface area (Å²) in [6.07, 6.45) is -0.478. The second kappa shape index (κ2) is 7.30. The Bertz CT molecular complexity index is 326. The average molecular weight is 237 g/mol. The van der Waals surface area contributed by atoms with Gasteiger partial charge >= 0.3 is 0 Å². The quantitative estimate of drug-likeness (QED) is 0.765. The minimum absolute atomic E-state index is 0.478. The Labute approximate surface area is 104 Å². The van der Waals surface area contributed by atoms with Crippen molar-refractivity contribution in [2.24, 2.45) is 5.92 Å². The molecule has 0 aromatic heterocycles. The highest BCUT2D eigenvalue weighted by molar-refractivity contribution is 5.30. The molecule has 1 aromatic rings. The zero-order chi connectivity index (χ0) is 12.7. The molecule has 3 heteroatoms. The van der Waals surface area contributed by atoms with Gasteiger partial charge in [-0.1, -0.05) is 26.0 Å². The van der Waals surface area contributed by atoms with Gasteiger partial charge in [-0.25, -0.2) is 0 Å². The van der Waals surface area contributed by atoms with Crippen molar-refractivity contribution in [3.63, 3.8) is 0 Å². The molecule has 0 saturated carbocycles. The summed E-state index contributed by atoms with van der Waals surface area (Å²) in [5, 5.41) is 13.3. The van der Waals surface area contributed by atoms with Gasteiger partial charge in [-0.2, -0.15) is 0 Å². The molecule has 0 heterocycles. The van der Waals surface area contributed by atoms with Gasteiger partial charge in [-0.3, -0.25) is 0 Å². The lowest BCUT2D eigenvalue weighted by Gasteiger charge is -2.14. The van der Waals surface area contributed by atoms with Crippen molar-refractivity contribution in [2.75, 3.05) is 19.7 Å². The van der Waals surface area contributed by atoms with Gasteiger partial charge in [0.25, 0.3) is 0 Å². The van der Waals surface area contributed by atoms with E-state index in [-0.39, 0.29) is 0 Å². The molecular weight excluding hydrogens is 214 g/mol. The lowest BCUT2D eigenvalue weighted by molar-refractivity contribution is 0.173. The normalized spacial score (nSPS) is 12.8. The SMILES string of the molecule is CCOc1cccc(C(O)CNCC(C)C)c1. The first-order chi connectivity index (χ1) is 8.13. The van der Waals surface area contributed by atoms with E-state index in [9.17, 15) is 5.11 Å². The van der Waals surface area contributed by atoms with Crippen LogP contribution < -0.4 is 10.1 Å². The number of aliphatic hydroxyl groups is 1. The fourth-order valence-electron chi connectivity index (χ4n) is 1.60. The number of aliphatic hydroxyl groups excluding tert-OH is 1. The Morgan fingerprint density at radius 2 is 2.06 bits per heavy atom. The second-order valence-electron chi connectivity index (χ2n) is 4.57. The number of hydrogen-bond acceptors (Lipinski definition) is 3. The van der Waals surface area contributed by atoms with Crippen LogP contribution in [0, 0.1) is 5.92 Å². The van der Waals surface area contributed by atoms with Crippen LogP contribution in [0.4, 0.5) is 0 Å². The van der Waals surface area contributed by atoms with E-state index in [1.165, 1.54) is 0 Å². The van der Waals surface area contributed by atoms with Crippen molar-refractivity contribution in [1.29, 1.82) is 0 Å². The molecule has 3 nitrogen and oxygen atoms in total. The molecule has 0 aliphatic heterocycles. The van der Waals surface area contributed by atoms with Crippen LogP contribution in [0.5, 0.6) is 5.75 Å². The van der Waals surface area contributed by atoms with Crippen LogP contribution in [0.25, 0.3) is 0 Å². The van der Waals surface area contributed by atoms with Crippen molar-refractivity contribution in [2.45, 2.75) is 26.9 Å². The molecule has 0 spiro atoms. The number of ether oxygens (including phenoxy) is 1. The van der Waals surface area contributed by atoms with Crippen LogP contribution in [0.1, 0.15) is 32.4 Å². The second-order valence-corrected chi connectivity index (χ2v) is 4.57. The standard InChI is InChI=1S/C14H23NO2/c1-4-17-13-7-5-6-12(8-13)14(16)10-15-9-11(2)3/h5-8,11,14-16H,4,9-10H2,1-3H3. The lowest BCUT2D eigenvalue weighted by atomic mass is 10.1. The van der Waals surface area contributed by atoms with Gasteiger partial charge in [0.1, 0.15) is 5.75 Å². The molecule has 0 fully saturated rings. The van der Waals surface area contributed by atoms with Crippen molar-refractivity contribution in [3.05, 3.63) is 29.8 Å². The topological polar surface area (TPSA) is 41.5 Å². The van der Waals surface area contributed by atoms with Gasteiger partial charge in [0.15, 0.2) is 0 Å². The molecule has 1 rings (SSSR count). The summed E-state index contributed by atoms with van der Waals surface area (Å²) in [5.74, 6) is 1.41. The van der Waals surface area contributed by atoms with E-state index in [1.807, 2.05) is 31.2 Å². The maximum atomic E-state index is 10.0. The summed E-state index contributed by atoms with van der Waals surface area (Å²) in [6, 6.07) is 7.63. The maximum absolute atomic E-state index is 10.0. The van der Waals surface area contributed by atoms with E-state index < -0.39 is 6.10 Å². The third-order valence-electron chi connectivity index (χ3n) is 2.44. The van der Waals surface area contributed by atoms with E-state index in [0.29, 0.717) is 19.1 Å². The van der Waals surface area contributed by atoms with E-state index in [2.05, 4.69) is 19.2 Å². The van der Waals surface area contributed by atoms with E-state index in [1.54, 1.807) is 0 Å². The third-order valence-corrected chi connectivity index (χ3v) is 2.44. The van der Waals surface area contributed by atoms with Crippen LogP contribution in [0.3, 0.4) is 0 Å². The van der Waals surface area contributed by atoms with Crippen molar-refractivity contribution >= 4 is 0 Å². The molecule has 0 saturated heterocycles. The number of rotatable bonds is 7. The molecular formula is C14H23NO2. The first kappa shape index (κ1) is 14.0. The van der Waals surface area contributed by atoms with Gasteiger partial charge in [0.05, 0.1) is 12.7 Å². The number of nitrogens with one attached hydrogen (secondary N) is 1. The zero-order valence-electron chi connectivity index (χ0n) is 10.9. The Morgan fingerprint density at radius 3 is 2.71 bits per heavy atom. The Hall–Kier alpha value is -1.06. The minimum atomic E-state index is -0.478. The molecule has 0 aliphatic carbocycles. The van der Waals surface area contributed by atoms with Gasteiger partial charge in [-0.15, -0.1) is 0 Å². The van der Waals surface area contributed by atoms with Crippen molar-refractivity contribution < 1.29 is 9.84 Å². The molecule has 1 aromatic carbocycles. The predicted octanol–water partition coefficient (Wildman–Crippen LogP) is 2.36. The molecule has 96 valence electrons. The van der Waals surface area contributed by atoms with E-state index in [0.717, 1.165) is 17.9 Å². The molecule has 2 N–H and O–H groups in total. The van der Waals surface area contributed by atoms with Crippen molar-refractivity contribution in [1.82, 2.24) is 5.32 Å². The molecule has 1 atom stereocenters. The Balaban J connectivity index is 2.50. The number of hydrogen-bond donors (Lipinski definition) is 2. The van der Waals surface area contributed by atoms with Crippen LogP contribution >= 0.6 is 0 Å². The highest BCUT2D eigenvalue weighted by Crippen LogP contribution is 2.18. The summed E-state index contributed by atoms with van der Waals surface area (Å²) in [5.41, 5.74) is 0.896. The average Bonchev–Trinajstić information content (AvgIpc) is 2.29. The smallest absolute Gasteiger partial charge is 0.119 e. The third kappa shape index (κ3) is 5.20. The summed E-state index contributed by atoms with van der Waals surface area (Å²) < 4.78 is 5.41. The molecule has 0 amide bonds. The Kier molecular flexibility index (Phi) is 6.01. The molecule has 0 radical (unpaired) electrons. The lowest BCUT2D eigenvalue weighted by Crippen LogP contribution is -2.25. The fraction of sp³-hybridized carbons (Fsp3) is 0.571. The highest BCUT2D eigenvalue weighted by Gasteiger charge is 2.08. The Morgan fingerprint density at radius 1 is 1.29 bits per heavy atom. The number of benzene rings is 1. The molecule has 1 unspecified atom stereocenters. The molecule has 17 heavy (non-hydrogen) atoms. The van der Waals surface area contributed by atoms with Crippen LogP contribution in [0.2, 0.25) is 0 Å². The van der Waals surface area contributed by atoms with Crippen LogP contribution in [0.15, 0.2) is 24.3 Å². The van der Waals surface area contributed by atoms with Gasteiger partial charge in [-0.05, 0) is 37.1 Å². The van der Waals surface area contributed by atoms with E-state index in [4.69, 9.17) is 4.74 Å². The molecule has 0 aliphatic rings. The van der Waals surface area contributed by atoms with Gasteiger partial charge in [0.2, 0.25) is 0 Å². The van der Waals surface area contributed by atoms with E-state index >= 15 is 0 Å². The van der Waals surface area contributed by atoms with Crippen molar-refractivity contribution in [3.8, 4) is 5.75 Å². The minimum Gasteiger partial charge on any atom is -0.494 e. The maximum Gasteiger partial charge on any atom is 0.119 e. The first-order valence-electron chi connectivity index (χ1n) is 6.25. The summed E-state index contributed by atoms with van der Waals surface area (Å²) in [6.45, 7) is 8.39. The van der Waals surface area contributed by atoms with Crippen LogP contribution in [-0.2, 0) is 0 Å². The highest BCUT2D eigenvalue weighted by atomic mass is 16.5. The zero-order valence-corrected chi connectivity index (χ0v) is 10.9. The summed E-state index contributed by atoms with van der Waals surface area (Å²) in [4.78, 5) is 0.